The van der Waals surface area contributed by atoms with Gasteiger partial charge in [0.2, 0.25) is 0 Å². The average Bonchev–Trinajstić information content (AvgIpc) is 3.18. The van der Waals surface area contributed by atoms with Gasteiger partial charge in [0, 0.05) is 37.6 Å². The van der Waals surface area contributed by atoms with E-state index in [1.165, 1.54) is 4.90 Å². The molecule has 1 saturated heterocycles. The first-order valence-electron chi connectivity index (χ1n) is 8.06. The van der Waals surface area contributed by atoms with Gasteiger partial charge in [0.15, 0.2) is 0 Å². The van der Waals surface area contributed by atoms with Gasteiger partial charge < -0.3 is 5.32 Å². The molecule has 1 aliphatic rings. The van der Waals surface area contributed by atoms with Crippen molar-refractivity contribution in [3.63, 3.8) is 0 Å². The van der Waals surface area contributed by atoms with Crippen molar-refractivity contribution in [3.8, 4) is 5.69 Å². The summed E-state index contributed by atoms with van der Waals surface area (Å²) in [5.41, 5.74) is 2.06. The van der Waals surface area contributed by atoms with Crippen molar-refractivity contribution in [2.45, 2.75) is 31.6 Å². The Morgan fingerprint density at radius 1 is 1.33 bits per heavy atom. The fourth-order valence-electron chi connectivity index (χ4n) is 3.17. The molecule has 2 atom stereocenters. The number of hydrogen-bond acceptors (Lipinski definition) is 3. The van der Waals surface area contributed by atoms with E-state index in [9.17, 15) is 13.2 Å². The zero-order valence-electron chi connectivity index (χ0n) is 13.5. The van der Waals surface area contributed by atoms with Crippen molar-refractivity contribution in [2.24, 2.45) is 0 Å². The molecule has 1 aliphatic heterocycles. The zero-order chi connectivity index (χ0) is 17.2. The summed E-state index contributed by atoms with van der Waals surface area (Å²) in [5.74, 6) is 0. The Morgan fingerprint density at radius 3 is 2.88 bits per heavy atom. The Kier molecular flexibility index (Phi) is 4.91. The lowest BCUT2D eigenvalue weighted by Crippen LogP contribution is -2.37. The van der Waals surface area contributed by atoms with Crippen LogP contribution in [0.2, 0.25) is 0 Å². The smallest absolute Gasteiger partial charge is 0.306 e. The Morgan fingerprint density at radius 2 is 2.17 bits per heavy atom. The second-order valence-corrected chi connectivity index (χ2v) is 6.27. The summed E-state index contributed by atoms with van der Waals surface area (Å²) in [4.78, 5) is 1.46. The molecule has 7 heteroatoms. The van der Waals surface area contributed by atoms with Crippen LogP contribution in [0.5, 0.6) is 0 Å². The molecule has 1 N–H and O–H groups in total. The van der Waals surface area contributed by atoms with Gasteiger partial charge in [-0.2, -0.15) is 18.3 Å². The summed E-state index contributed by atoms with van der Waals surface area (Å²) < 4.78 is 39.2. The maximum atomic E-state index is 12.5. The standard InChI is InChI=1S/C17H21F3N4/c1-13(22-15-6-9-23(11-15)12-17(18,19)20)14-4-2-5-16(10-14)24-8-3-7-21-24/h2-5,7-8,10,13,15,22H,6,9,11-12H2,1H3. The second-order valence-electron chi connectivity index (χ2n) is 6.27. The fraction of sp³-hybridized carbons (Fsp3) is 0.471. The van der Waals surface area contributed by atoms with Gasteiger partial charge >= 0.3 is 6.18 Å². The van der Waals surface area contributed by atoms with E-state index in [2.05, 4.69) is 10.4 Å². The second kappa shape index (κ2) is 6.94. The van der Waals surface area contributed by atoms with E-state index < -0.39 is 12.7 Å². The zero-order valence-corrected chi connectivity index (χ0v) is 13.5. The number of nitrogens with one attached hydrogen (secondary N) is 1. The SMILES string of the molecule is CC(NC1CCN(CC(F)(F)F)C1)c1cccc(-n2cccn2)c1. The predicted molar refractivity (Wildman–Crippen MR) is 86.0 cm³/mol. The van der Waals surface area contributed by atoms with E-state index >= 15 is 0 Å². The summed E-state index contributed by atoms with van der Waals surface area (Å²) in [6.07, 6.45) is 0.211. The van der Waals surface area contributed by atoms with Gasteiger partial charge in [-0.15, -0.1) is 0 Å². The molecule has 2 heterocycles. The number of alkyl halides is 3. The molecule has 0 spiro atoms. The van der Waals surface area contributed by atoms with Crippen LogP contribution < -0.4 is 5.32 Å². The van der Waals surface area contributed by atoms with Gasteiger partial charge in [0.05, 0.1) is 12.2 Å². The summed E-state index contributed by atoms with van der Waals surface area (Å²) in [7, 11) is 0. The van der Waals surface area contributed by atoms with Crippen LogP contribution in [0.4, 0.5) is 13.2 Å². The highest BCUT2D eigenvalue weighted by Gasteiger charge is 2.34. The molecular weight excluding hydrogens is 317 g/mol. The van der Waals surface area contributed by atoms with E-state index in [1.54, 1.807) is 10.9 Å². The lowest BCUT2D eigenvalue weighted by Gasteiger charge is -2.22. The number of nitrogens with zero attached hydrogens (tertiary/aromatic N) is 3. The maximum absolute atomic E-state index is 12.5. The van der Waals surface area contributed by atoms with E-state index in [1.807, 2.05) is 43.5 Å². The molecule has 1 fully saturated rings. The van der Waals surface area contributed by atoms with E-state index in [0.29, 0.717) is 13.1 Å². The van der Waals surface area contributed by atoms with Crippen LogP contribution >= 0.6 is 0 Å². The molecular formula is C17H21F3N4. The van der Waals surface area contributed by atoms with Crippen LogP contribution in [-0.2, 0) is 0 Å². The van der Waals surface area contributed by atoms with Crippen LogP contribution in [0.25, 0.3) is 5.69 Å². The number of halogens is 3. The van der Waals surface area contributed by atoms with Crippen molar-refractivity contribution in [2.75, 3.05) is 19.6 Å². The number of benzene rings is 1. The normalized spacial score (nSPS) is 20.4. The molecule has 3 rings (SSSR count). The van der Waals surface area contributed by atoms with Gasteiger partial charge in [-0.1, -0.05) is 12.1 Å². The van der Waals surface area contributed by atoms with Crippen LogP contribution in [0.15, 0.2) is 42.7 Å². The molecule has 2 unspecified atom stereocenters. The van der Waals surface area contributed by atoms with Crippen molar-refractivity contribution in [1.29, 1.82) is 0 Å². The molecule has 0 bridgehead atoms. The lowest BCUT2D eigenvalue weighted by atomic mass is 10.1. The van der Waals surface area contributed by atoms with Gasteiger partial charge in [0.25, 0.3) is 0 Å². The molecule has 130 valence electrons. The average molecular weight is 338 g/mol. The molecule has 0 radical (unpaired) electrons. The third-order valence-electron chi connectivity index (χ3n) is 4.30. The van der Waals surface area contributed by atoms with Crippen molar-refractivity contribution in [1.82, 2.24) is 20.0 Å². The van der Waals surface area contributed by atoms with Crippen molar-refractivity contribution in [3.05, 3.63) is 48.3 Å². The highest BCUT2D eigenvalue weighted by molar-refractivity contribution is 5.36. The van der Waals surface area contributed by atoms with Crippen LogP contribution in [0.1, 0.15) is 24.9 Å². The minimum absolute atomic E-state index is 0.0661. The molecule has 0 amide bonds. The Hall–Kier alpha value is -1.86. The number of hydrogen-bond donors (Lipinski definition) is 1. The molecule has 4 nitrogen and oxygen atoms in total. The fourth-order valence-corrected chi connectivity index (χ4v) is 3.17. The van der Waals surface area contributed by atoms with Crippen LogP contribution in [0.3, 0.4) is 0 Å². The molecule has 0 saturated carbocycles. The topological polar surface area (TPSA) is 33.1 Å². The summed E-state index contributed by atoms with van der Waals surface area (Å²) in [6.45, 7) is 2.13. The minimum atomic E-state index is -4.13. The third kappa shape index (κ3) is 4.36. The summed E-state index contributed by atoms with van der Waals surface area (Å²) in [5, 5.41) is 7.66. The molecule has 2 aromatic rings. The van der Waals surface area contributed by atoms with Crippen molar-refractivity contribution < 1.29 is 13.2 Å². The summed E-state index contributed by atoms with van der Waals surface area (Å²) in [6, 6.07) is 10.0. The highest BCUT2D eigenvalue weighted by atomic mass is 19.4. The van der Waals surface area contributed by atoms with E-state index in [4.69, 9.17) is 0 Å². The van der Waals surface area contributed by atoms with Gasteiger partial charge in [-0.05, 0) is 37.1 Å². The monoisotopic (exact) mass is 338 g/mol. The molecule has 0 aliphatic carbocycles. The Bertz CT molecular complexity index is 654. The third-order valence-corrected chi connectivity index (χ3v) is 4.30. The van der Waals surface area contributed by atoms with Crippen molar-refractivity contribution >= 4 is 0 Å². The Labute approximate surface area is 139 Å². The van der Waals surface area contributed by atoms with Gasteiger partial charge in [0.1, 0.15) is 0 Å². The first kappa shape index (κ1) is 17.0. The number of likely N-dealkylation sites (tertiary alicyclic amines) is 1. The first-order valence-corrected chi connectivity index (χ1v) is 8.06. The molecule has 1 aromatic carbocycles. The van der Waals surface area contributed by atoms with Crippen LogP contribution in [-0.4, -0.2) is 46.5 Å². The van der Waals surface area contributed by atoms with E-state index in [0.717, 1.165) is 17.7 Å². The lowest BCUT2D eigenvalue weighted by molar-refractivity contribution is -0.143. The maximum Gasteiger partial charge on any atom is 0.401 e. The van der Waals surface area contributed by atoms with Gasteiger partial charge in [-0.25, -0.2) is 4.68 Å². The quantitative estimate of drug-likeness (QED) is 0.909. The number of rotatable bonds is 5. The molecule has 24 heavy (non-hydrogen) atoms. The minimum Gasteiger partial charge on any atom is -0.306 e. The highest BCUT2D eigenvalue weighted by Crippen LogP contribution is 2.22. The van der Waals surface area contributed by atoms with Gasteiger partial charge in [-0.3, -0.25) is 4.90 Å². The van der Waals surface area contributed by atoms with E-state index in [-0.39, 0.29) is 12.1 Å². The largest absolute Gasteiger partial charge is 0.401 e. The number of aromatic nitrogens is 2. The first-order chi connectivity index (χ1) is 11.4. The Balaban J connectivity index is 1.60. The van der Waals surface area contributed by atoms with Crippen LogP contribution in [0, 0.1) is 0 Å². The predicted octanol–water partition coefficient (Wildman–Crippen LogP) is 3.16. The molecule has 1 aromatic heterocycles. The summed E-state index contributed by atoms with van der Waals surface area (Å²) >= 11 is 0.